The Morgan fingerprint density at radius 1 is 1.26 bits per heavy atom. The zero-order chi connectivity index (χ0) is 14.1. The van der Waals surface area contributed by atoms with Gasteiger partial charge in [-0.3, -0.25) is 0 Å². The Hall–Kier alpha value is -0.835. The summed E-state index contributed by atoms with van der Waals surface area (Å²) in [6, 6.07) is 7.24. The van der Waals surface area contributed by atoms with Crippen molar-refractivity contribution >= 4 is 12.6 Å². The van der Waals surface area contributed by atoms with Crippen molar-refractivity contribution < 1.29 is 14.8 Å². The first-order chi connectivity index (χ1) is 9.17. The van der Waals surface area contributed by atoms with Gasteiger partial charge in [0, 0.05) is 6.61 Å². The van der Waals surface area contributed by atoms with Crippen molar-refractivity contribution in [3.8, 4) is 0 Å². The van der Waals surface area contributed by atoms with Gasteiger partial charge in [-0.05, 0) is 23.4 Å². The zero-order valence-electron chi connectivity index (χ0n) is 12.0. The van der Waals surface area contributed by atoms with Gasteiger partial charge in [-0.25, -0.2) is 0 Å². The van der Waals surface area contributed by atoms with E-state index in [1.807, 2.05) is 12.1 Å². The number of unbranched alkanes of at least 4 members (excludes halogenated alkanes) is 1. The van der Waals surface area contributed by atoms with Crippen molar-refractivity contribution in [1.82, 2.24) is 0 Å². The van der Waals surface area contributed by atoms with Crippen LogP contribution in [0.25, 0.3) is 0 Å². The standard InChI is InChI=1S/C15H25BO3/c1-3-5-7-13(4-2)11-19-12-14-8-6-9-15(10-14)16(17)18/h6,8-10,13,17-18H,3-5,7,11-12H2,1-2H3. The SMILES string of the molecule is CCCCC(CC)COCc1cccc(B(O)O)c1. The minimum Gasteiger partial charge on any atom is -0.423 e. The highest BCUT2D eigenvalue weighted by Gasteiger charge is 2.11. The molecular weight excluding hydrogens is 239 g/mol. The Balaban J connectivity index is 2.37. The van der Waals surface area contributed by atoms with E-state index in [0.717, 1.165) is 18.6 Å². The molecule has 1 atom stereocenters. The molecule has 0 aliphatic rings. The highest BCUT2D eigenvalue weighted by molar-refractivity contribution is 6.58. The molecule has 0 radical (unpaired) electrons. The lowest BCUT2D eigenvalue weighted by Gasteiger charge is -2.15. The van der Waals surface area contributed by atoms with Crippen LogP contribution in [-0.2, 0) is 11.3 Å². The quantitative estimate of drug-likeness (QED) is 0.671. The Morgan fingerprint density at radius 3 is 2.68 bits per heavy atom. The first kappa shape index (κ1) is 16.2. The van der Waals surface area contributed by atoms with Crippen LogP contribution in [0.3, 0.4) is 0 Å². The number of benzene rings is 1. The lowest BCUT2D eigenvalue weighted by atomic mass is 9.80. The first-order valence-electron chi connectivity index (χ1n) is 7.20. The molecule has 19 heavy (non-hydrogen) atoms. The number of hydrogen-bond donors (Lipinski definition) is 2. The fourth-order valence-electron chi connectivity index (χ4n) is 2.09. The van der Waals surface area contributed by atoms with Crippen LogP contribution in [0.1, 0.15) is 45.1 Å². The molecule has 1 unspecified atom stereocenters. The molecule has 1 aromatic carbocycles. The van der Waals surface area contributed by atoms with E-state index in [0.29, 0.717) is 18.0 Å². The van der Waals surface area contributed by atoms with Crippen molar-refractivity contribution in [2.75, 3.05) is 6.61 Å². The van der Waals surface area contributed by atoms with Crippen LogP contribution in [0.15, 0.2) is 24.3 Å². The Labute approximate surface area is 116 Å². The molecule has 0 saturated carbocycles. The summed E-state index contributed by atoms with van der Waals surface area (Å²) in [7, 11) is -1.41. The maximum absolute atomic E-state index is 9.11. The highest BCUT2D eigenvalue weighted by Crippen LogP contribution is 2.13. The van der Waals surface area contributed by atoms with Gasteiger partial charge in [0.25, 0.3) is 0 Å². The fourth-order valence-corrected chi connectivity index (χ4v) is 2.09. The van der Waals surface area contributed by atoms with E-state index in [-0.39, 0.29) is 0 Å². The predicted octanol–water partition coefficient (Wildman–Crippen LogP) is 2.10. The second-order valence-electron chi connectivity index (χ2n) is 5.05. The molecular formula is C15H25BO3. The van der Waals surface area contributed by atoms with Crippen molar-refractivity contribution in [3.05, 3.63) is 29.8 Å². The van der Waals surface area contributed by atoms with E-state index in [1.54, 1.807) is 12.1 Å². The maximum atomic E-state index is 9.11. The largest absolute Gasteiger partial charge is 0.488 e. The van der Waals surface area contributed by atoms with E-state index < -0.39 is 7.12 Å². The Morgan fingerprint density at radius 2 is 2.05 bits per heavy atom. The van der Waals surface area contributed by atoms with Crippen LogP contribution in [0, 0.1) is 5.92 Å². The first-order valence-corrected chi connectivity index (χ1v) is 7.20. The molecule has 106 valence electrons. The molecule has 3 nitrogen and oxygen atoms in total. The topological polar surface area (TPSA) is 49.7 Å². The lowest BCUT2D eigenvalue weighted by Crippen LogP contribution is -2.29. The second kappa shape index (κ2) is 9.13. The molecule has 0 spiro atoms. The van der Waals surface area contributed by atoms with Crippen molar-refractivity contribution in [1.29, 1.82) is 0 Å². The van der Waals surface area contributed by atoms with Crippen LogP contribution in [0.2, 0.25) is 0 Å². The fraction of sp³-hybridized carbons (Fsp3) is 0.600. The summed E-state index contributed by atoms with van der Waals surface area (Å²) >= 11 is 0. The van der Waals surface area contributed by atoms with Crippen LogP contribution in [0.5, 0.6) is 0 Å². The van der Waals surface area contributed by atoms with Crippen LogP contribution >= 0.6 is 0 Å². The number of rotatable bonds is 9. The number of ether oxygens (including phenoxy) is 1. The third-order valence-electron chi connectivity index (χ3n) is 3.41. The average Bonchev–Trinajstić information content (AvgIpc) is 2.43. The summed E-state index contributed by atoms with van der Waals surface area (Å²) in [5.41, 5.74) is 1.50. The van der Waals surface area contributed by atoms with E-state index in [4.69, 9.17) is 14.8 Å². The summed E-state index contributed by atoms with van der Waals surface area (Å²) in [5.74, 6) is 0.631. The molecule has 4 heteroatoms. The summed E-state index contributed by atoms with van der Waals surface area (Å²) in [4.78, 5) is 0. The van der Waals surface area contributed by atoms with E-state index >= 15 is 0 Å². The molecule has 0 saturated heterocycles. The Kier molecular flexibility index (Phi) is 7.79. The third-order valence-corrected chi connectivity index (χ3v) is 3.41. The molecule has 0 amide bonds. The van der Waals surface area contributed by atoms with Crippen molar-refractivity contribution in [3.63, 3.8) is 0 Å². The molecule has 0 fully saturated rings. The van der Waals surface area contributed by atoms with Gasteiger partial charge in [0.2, 0.25) is 0 Å². The lowest BCUT2D eigenvalue weighted by molar-refractivity contribution is 0.0820. The summed E-state index contributed by atoms with van der Waals surface area (Å²) < 4.78 is 5.74. The summed E-state index contributed by atoms with van der Waals surface area (Å²) in [6.07, 6.45) is 4.86. The van der Waals surface area contributed by atoms with Gasteiger partial charge in [-0.15, -0.1) is 0 Å². The molecule has 0 aliphatic heterocycles. The predicted molar refractivity (Wildman–Crippen MR) is 79.2 cm³/mol. The number of hydrogen-bond acceptors (Lipinski definition) is 3. The molecule has 0 heterocycles. The van der Waals surface area contributed by atoms with Crippen molar-refractivity contribution in [2.24, 2.45) is 5.92 Å². The Bertz CT molecular complexity index is 355. The van der Waals surface area contributed by atoms with Crippen LogP contribution < -0.4 is 5.46 Å². The van der Waals surface area contributed by atoms with E-state index in [1.165, 1.54) is 19.3 Å². The van der Waals surface area contributed by atoms with E-state index in [9.17, 15) is 0 Å². The highest BCUT2D eigenvalue weighted by atomic mass is 16.5. The minimum absolute atomic E-state index is 0.513. The average molecular weight is 264 g/mol. The minimum atomic E-state index is -1.41. The van der Waals surface area contributed by atoms with Gasteiger partial charge >= 0.3 is 7.12 Å². The molecule has 1 aromatic rings. The van der Waals surface area contributed by atoms with Gasteiger partial charge in [0.1, 0.15) is 0 Å². The zero-order valence-corrected chi connectivity index (χ0v) is 12.0. The summed E-state index contributed by atoms with van der Waals surface area (Å²) in [6.45, 7) is 5.72. The van der Waals surface area contributed by atoms with Crippen molar-refractivity contribution in [2.45, 2.75) is 46.1 Å². The molecule has 2 N–H and O–H groups in total. The van der Waals surface area contributed by atoms with Crippen LogP contribution in [0.4, 0.5) is 0 Å². The van der Waals surface area contributed by atoms with Gasteiger partial charge in [-0.1, -0.05) is 57.4 Å². The molecule has 1 rings (SSSR count). The summed E-state index contributed by atoms with van der Waals surface area (Å²) in [5, 5.41) is 18.2. The molecule has 0 aliphatic carbocycles. The van der Waals surface area contributed by atoms with Gasteiger partial charge in [-0.2, -0.15) is 0 Å². The maximum Gasteiger partial charge on any atom is 0.488 e. The third kappa shape index (κ3) is 6.23. The van der Waals surface area contributed by atoms with Gasteiger partial charge < -0.3 is 14.8 Å². The molecule has 0 aromatic heterocycles. The van der Waals surface area contributed by atoms with Crippen LogP contribution in [-0.4, -0.2) is 23.8 Å². The monoisotopic (exact) mass is 264 g/mol. The van der Waals surface area contributed by atoms with E-state index in [2.05, 4.69) is 13.8 Å². The normalized spacial score (nSPS) is 12.4. The molecule has 0 bridgehead atoms. The van der Waals surface area contributed by atoms with Gasteiger partial charge in [0.15, 0.2) is 0 Å². The second-order valence-corrected chi connectivity index (χ2v) is 5.05. The van der Waals surface area contributed by atoms with Gasteiger partial charge in [0.05, 0.1) is 6.61 Å². The smallest absolute Gasteiger partial charge is 0.423 e.